The fourth-order valence-corrected chi connectivity index (χ4v) is 1.03. The van der Waals surface area contributed by atoms with Crippen molar-refractivity contribution in [1.29, 1.82) is 0 Å². The van der Waals surface area contributed by atoms with E-state index in [1.54, 1.807) is 0 Å². The summed E-state index contributed by atoms with van der Waals surface area (Å²) in [6, 6.07) is 0. The molecule has 0 aromatic rings. The molecule has 0 aromatic heterocycles. The van der Waals surface area contributed by atoms with Crippen LogP contribution in [0.25, 0.3) is 0 Å². The molecule has 0 bridgehead atoms. The summed E-state index contributed by atoms with van der Waals surface area (Å²) < 4.78 is 9.60. The van der Waals surface area contributed by atoms with Crippen molar-refractivity contribution >= 4 is 5.97 Å². The minimum Gasteiger partial charge on any atom is -0.464 e. The van der Waals surface area contributed by atoms with E-state index >= 15 is 0 Å². The molecule has 0 aromatic carbocycles. The van der Waals surface area contributed by atoms with Crippen LogP contribution >= 0.6 is 0 Å². The number of aliphatic hydroxyl groups is 2. The van der Waals surface area contributed by atoms with Crippen molar-refractivity contribution in [2.75, 3.05) is 32.9 Å². The van der Waals surface area contributed by atoms with Crippen molar-refractivity contribution in [2.45, 2.75) is 12.7 Å². The first-order valence-corrected chi connectivity index (χ1v) is 5.12. The fraction of sp³-hybridized carbons (Fsp3) is 0.889. The molecule has 0 spiro atoms. The molecule has 0 aliphatic carbocycles. The first-order chi connectivity index (χ1) is 7.65. The summed E-state index contributed by atoms with van der Waals surface area (Å²) in [5, 5.41) is 18.4. The van der Waals surface area contributed by atoms with Gasteiger partial charge in [-0.15, -0.1) is 0 Å². The molecule has 2 unspecified atom stereocenters. The van der Waals surface area contributed by atoms with Crippen LogP contribution in [0.5, 0.6) is 0 Å². The highest BCUT2D eigenvalue weighted by Gasteiger charge is 2.22. The van der Waals surface area contributed by atoms with Gasteiger partial charge in [0.05, 0.1) is 19.6 Å². The van der Waals surface area contributed by atoms with Crippen molar-refractivity contribution in [3.63, 3.8) is 0 Å². The van der Waals surface area contributed by atoms with Gasteiger partial charge in [0.25, 0.3) is 0 Å². The van der Waals surface area contributed by atoms with Crippen LogP contribution < -0.4 is 11.5 Å². The largest absolute Gasteiger partial charge is 0.464 e. The van der Waals surface area contributed by atoms with Gasteiger partial charge in [0.15, 0.2) is 6.29 Å². The molecular formula is C9H20N2O5. The van der Waals surface area contributed by atoms with Crippen LogP contribution in [0, 0.1) is 5.92 Å². The maximum Gasteiger partial charge on any atom is 0.306 e. The third-order valence-corrected chi connectivity index (χ3v) is 1.85. The van der Waals surface area contributed by atoms with Crippen LogP contribution in [0.1, 0.15) is 6.42 Å². The van der Waals surface area contributed by atoms with Gasteiger partial charge >= 0.3 is 5.97 Å². The van der Waals surface area contributed by atoms with Gasteiger partial charge in [0, 0.05) is 19.0 Å². The smallest absolute Gasteiger partial charge is 0.306 e. The average molecular weight is 236 g/mol. The number of hydrogen-bond acceptors (Lipinski definition) is 7. The Morgan fingerprint density at radius 1 is 1.25 bits per heavy atom. The monoisotopic (exact) mass is 236 g/mol. The first kappa shape index (κ1) is 15.3. The molecule has 0 aliphatic rings. The van der Waals surface area contributed by atoms with Gasteiger partial charge in [-0.1, -0.05) is 0 Å². The van der Waals surface area contributed by atoms with Gasteiger partial charge in [-0.25, -0.2) is 0 Å². The van der Waals surface area contributed by atoms with Crippen molar-refractivity contribution in [3.05, 3.63) is 0 Å². The number of carbonyl (C=O) groups excluding carboxylic acids is 1. The normalized spacial score (nSPS) is 14.5. The third kappa shape index (κ3) is 6.70. The Kier molecular flexibility index (Phi) is 9.06. The average Bonchev–Trinajstić information content (AvgIpc) is 2.30. The lowest BCUT2D eigenvalue weighted by atomic mass is 10.1. The minimum atomic E-state index is -1.22. The van der Waals surface area contributed by atoms with Gasteiger partial charge in [-0.3, -0.25) is 4.79 Å². The molecule has 0 radical (unpaired) electrons. The molecule has 96 valence electrons. The molecule has 0 saturated heterocycles. The molecule has 0 fully saturated rings. The highest BCUT2D eigenvalue weighted by molar-refractivity contribution is 5.69. The Bertz CT molecular complexity index is 191. The van der Waals surface area contributed by atoms with E-state index in [1.165, 1.54) is 0 Å². The van der Waals surface area contributed by atoms with Crippen molar-refractivity contribution in [3.8, 4) is 0 Å². The zero-order chi connectivity index (χ0) is 12.4. The summed E-state index contributed by atoms with van der Waals surface area (Å²) >= 11 is 0. The van der Waals surface area contributed by atoms with Gasteiger partial charge < -0.3 is 31.2 Å². The predicted octanol–water partition coefficient (Wildman–Crippen LogP) is -2.22. The molecule has 6 N–H and O–H groups in total. The van der Waals surface area contributed by atoms with Crippen LogP contribution in [-0.4, -0.2) is 55.4 Å². The zero-order valence-corrected chi connectivity index (χ0v) is 9.17. The number of carbonyl (C=O) groups is 1. The summed E-state index contributed by atoms with van der Waals surface area (Å²) in [6.07, 6.45) is -1.35. The Morgan fingerprint density at radius 3 is 2.38 bits per heavy atom. The number of aliphatic hydroxyl groups excluding tert-OH is 2. The third-order valence-electron chi connectivity index (χ3n) is 1.85. The SMILES string of the molecule is NCCOC(=O)CC(CO)C(O)OCCN. The van der Waals surface area contributed by atoms with Gasteiger partial charge in [0.1, 0.15) is 6.61 Å². The van der Waals surface area contributed by atoms with Gasteiger partial charge in [-0.2, -0.15) is 0 Å². The van der Waals surface area contributed by atoms with E-state index in [-0.39, 0.29) is 39.3 Å². The summed E-state index contributed by atoms with van der Waals surface area (Å²) in [4.78, 5) is 11.2. The Labute approximate surface area is 94.3 Å². The number of rotatable bonds is 9. The maximum absolute atomic E-state index is 11.2. The lowest BCUT2D eigenvalue weighted by Gasteiger charge is -2.20. The van der Waals surface area contributed by atoms with Crippen LogP contribution in [0.3, 0.4) is 0 Å². The Morgan fingerprint density at radius 2 is 1.88 bits per heavy atom. The standard InChI is InChI=1S/C9H20N2O5/c10-1-3-15-8(13)5-7(6-12)9(14)16-4-2-11/h7,9,12,14H,1-6,10-11H2. The second-order valence-electron chi connectivity index (χ2n) is 3.21. The van der Waals surface area contributed by atoms with Gasteiger partial charge in [0.2, 0.25) is 0 Å². The predicted molar refractivity (Wildman–Crippen MR) is 56.2 cm³/mol. The summed E-state index contributed by atoms with van der Waals surface area (Å²) in [6.45, 7) is 0.407. The van der Waals surface area contributed by atoms with Crippen molar-refractivity contribution in [1.82, 2.24) is 0 Å². The molecule has 16 heavy (non-hydrogen) atoms. The summed E-state index contributed by atoms with van der Waals surface area (Å²) in [7, 11) is 0. The highest BCUT2D eigenvalue weighted by atomic mass is 16.6. The van der Waals surface area contributed by atoms with Crippen LogP contribution in [0.4, 0.5) is 0 Å². The summed E-state index contributed by atoms with van der Waals surface area (Å²) in [5.74, 6) is -1.24. The van der Waals surface area contributed by atoms with E-state index in [0.717, 1.165) is 0 Å². The van der Waals surface area contributed by atoms with E-state index in [4.69, 9.17) is 26.0 Å². The van der Waals surface area contributed by atoms with E-state index in [0.29, 0.717) is 0 Å². The fourth-order valence-electron chi connectivity index (χ4n) is 1.03. The first-order valence-electron chi connectivity index (χ1n) is 5.12. The highest BCUT2D eigenvalue weighted by Crippen LogP contribution is 2.10. The van der Waals surface area contributed by atoms with Crippen LogP contribution in [0.2, 0.25) is 0 Å². The van der Waals surface area contributed by atoms with E-state index in [2.05, 4.69) is 0 Å². The molecule has 2 atom stereocenters. The number of hydrogen-bond donors (Lipinski definition) is 4. The van der Waals surface area contributed by atoms with E-state index in [9.17, 15) is 9.90 Å². The van der Waals surface area contributed by atoms with Crippen LogP contribution in [0.15, 0.2) is 0 Å². The Hall–Kier alpha value is -0.730. The lowest BCUT2D eigenvalue weighted by Crippen LogP contribution is -2.31. The van der Waals surface area contributed by atoms with Crippen LogP contribution in [-0.2, 0) is 14.3 Å². The second-order valence-corrected chi connectivity index (χ2v) is 3.21. The van der Waals surface area contributed by atoms with E-state index < -0.39 is 18.2 Å². The lowest BCUT2D eigenvalue weighted by molar-refractivity contribution is -0.162. The molecule has 7 nitrogen and oxygen atoms in total. The van der Waals surface area contributed by atoms with Crippen molar-refractivity contribution in [2.24, 2.45) is 17.4 Å². The molecule has 0 amide bonds. The summed E-state index contributed by atoms with van der Waals surface area (Å²) in [5.41, 5.74) is 10.3. The number of ether oxygens (including phenoxy) is 2. The topological polar surface area (TPSA) is 128 Å². The van der Waals surface area contributed by atoms with Gasteiger partial charge in [-0.05, 0) is 0 Å². The molecule has 0 heterocycles. The zero-order valence-electron chi connectivity index (χ0n) is 9.17. The molecule has 7 heteroatoms. The molecule has 0 saturated carbocycles. The Balaban J connectivity index is 3.92. The molecular weight excluding hydrogens is 216 g/mol. The molecule has 0 rings (SSSR count). The number of nitrogens with two attached hydrogens (primary N) is 2. The maximum atomic E-state index is 11.2. The second kappa shape index (κ2) is 9.49. The molecule has 0 aliphatic heterocycles. The van der Waals surface area contributed by atoms with Crippen molar-refractivity contribution < 1.29 is 24.5 Å². The van der Waals surface area contributed by atoms with E-state index in [1.807, 2.05) is 0 Å². The number of esters is 1. The minimum absolute atomic E-state index is 0.122. The quantitative estimate of drug-likeness (QED) is 0.264.